The topological polar surface area (TPSA) is 110 Å². The number of thioether (sulfide) groups is 1. The van der Waals surface area contributed by atoms with Crippen LogP contribution in [0.4, 0.5) is 16.0 Å². The molecule has 8 nitrogen and oxygen atoms in total. The van der Waals surface area contributed by atoms with Crippen molar-refractivity contribution in [2.45, 2.75) is 5.16 Å². The van der Waals surface area contributed by atoms with Gasteiger partial charge in [0.15, 0.2) is 0 Å². The zero-order chi connectivity index (χ0) is 19.9. The molecule has 0 saturated carbocycles. The number of halogens is 2. The first-order valence-corrected chi connectivity index (χ1v) is 9.72. The normalized spacial score (nSPS) is 10.9. The fourth-order valence-corrected chi connectivity index (χ4v) is 3.14. The molecule has 11 heteroatoms. The summed E-state index contributed by atoms with van der Waals surface area (Å²) in [5.74, 6) is 5.56. The van der Waals surface area contributed by atoms with Gasteiger partial charge in [-0.3, -0.25) is 4.79 Å². The first kappa shape index (κ1) is 19.8. The molecule has 0 saturated heterocycles. The van der Waals surface area contributed by atoms with E-state index in [9.17, 15) is 9.18 Å². The summed E-state index contributed by atoms with van der Waals surface area (Å²) < 4.78 is 15.0. The molecule has 4 N–H and O–H groups in total. The number of rotatable bonds is 7. The molecule has 3 rings (SSSR count). The molecule has 1 heterocycles. The van der Waals surface area contributed by atoms with E-state index in [0.29, 0.717) is 10.8 Å². The van der Waals surface area contributed by atoms with Gasteiger partial charge in [-0.2, -0.15) is 5.10 Å². The Morgan fingerprint density at radius 1 is 1.29 bits per heavy atom. The number of hydrogen-bond donors (Lipinski definition) is 3. The summed E-state index contributed by atoms with van der Waals surface area (Å²) in [4.78, 5) is 12.0. The molecule has 0 aliphatic rings. The Labute approximate surface area is 172 Å². The van der Waals surface area contributed by atoms with Crippen molar-refractivity contribution in [1.82, 2.24) is 14.9 Å². The molecule has 144 valence electrons. The Morgan fingerprint density at radius 3 is 2.82 bits per heavy atom. The van der Waals surface area contributed by atoms with Gasteiger partial charge >= 0.3 is 0 Å². The first-order valence-electron chi connectivity index (χ1n) is 7.94. The van der Waals surface area contributed by atoms with Crippen molar-refractivity contribution in [2.24, 2.45) is 5.10 Å². The number of nitrogen functional groups attached to an aromatic ring is 1. The lowest BCUT2D eigenvalue weighted by atomic mass is 10.2. The SMILES string of the molecule is Nn1c(N/N=C/c2cccc(Br)c2)nnc1SCC(=O)Nc1ccc(F)cc1. The Bertz CT molecular complexity index is 993. The molecule has 2 aromatic carbocycles. The molecule has 0 bridgehead atoms. The van der Waals surface area contributed by atoms with Crippen LogP contribution in [-0.4, -0.2) is 32.7 Å². The van der Waals surface area contributed by atoms with Gasteiger partial charge in [-0.05, 0) is 42.0 Å². The third kappa shape index (κ3) is 5.54. The van der Waals surface area contributed by atoms with Crippen LogP contribution in [0.3, 0.4) is 0 Å². The van der Waals surface area contributed by atoms with Crippen LogP contribution in [0.1, 0.15) is 5.56 Å². The molecule has 0 spiro atoms. The van der Waals surface area contributed by atoms with Gasteiger partial charge in [0, 0.05) is 10.2 Å². The number of aromatic nitrogens is 3. The summed E-state index contributed by atoms with van der Waals surface area (Å²) in [5.41, 5.74) is 4.09. The summed E-state index contributed by atoms with van der Waals surface area (Å²) >= 11 is 4.50. The predicted molar refractivity (Wildman–Crippen MR) is 111 cm³/mol. The fraction of sp³-hybridized carbons (Fsp3) is 0.0588. The molecular weight excluding hydrogens is 449 g/mol. The summed E-state index contributed by atoms with van der Waals surface area (Å²) in [6, 6.07) is 13.1. The molecule has 0 fully saturated rings. The summed E-state index contributed by atoms with van der Waals surface area (Å²) in [7, 11) is 0. The van der Waals surface area contributed by atoms with Crippen LogP contribution in [0.15, 0.2) is 63.3 Å². The van der Waals surface area contributed by atoms with E-state index in [4.69, 9.17) is 5.84 Å². The highest BCUT2D eigenvalue weighted by Gasteiger charge is 2.12. The number of hydrazone groups is 1. The second kappa shape index (κ2) is 9.33. The van der Waals surface area contributed by atoms with Gasteiger partial charge < -0.3 is 11.2 Å². The number of carbonyl (C=O) groups excluding carboxylic acids is 1. The zero-order valence-electron chi connectivity index (χ0n) is 14.3. The molecule has 0 aliphatic carbocycles. The number of benzene rings is 2. The van der Waals surface area contributed by atoms with Crippen molar-refractivity contribution in [1.29, 1.82) is 0 Å². The number of amides is 1. The van der Waals surface area contributed by atoms with Crippen molar-refractivity contribution in [3.8, 4) is 0 Å². The maximum Gasteiger partial charge on any atom is 0.264 e. The van der Waals surface area contributed by atoms with Gasteiger partial charge in [0.2, 0.25) is 11.1 Å². The van der Waals surface area contributed by atoms with Crippen molar-refractivity contribution >= 4 is 51.4 Å². The van der Waals surface area contributed by atoms with Crippen LogP contribution < -0.4 is 16.6 Å². The average molecular weight is 464 g/mol. The van der Waals surface area contributed by atoms with Crippen LogP contribution in [0.5, 0.6) is 0 Å². The fourth-order valence-electron chi connectivity index (χ4n) is 2.06. The Kier molecular flexibility index (Phi) is 6.61. The highest BCUT2D eigenvalue weighted by atomic mass is 79.9. The minimum absolute atomic E-state index is 0.0635. The molecular formula is C17H15BrFN7OS. The minimum Gasteiger partial charge on any atom is -0.334 e. The molecule has 1 amide bonds. The smallest absolute Gasteiger partial charge is 0.264 e. The van der Waals surface area contributed by atoms with Crippen LogP contribution in [0.2, 0.25) is 0 Å². The summed E-state index contributed by atoms with van der Waals surface area (Å²) in [5, 5.41) is 14.9. The van der Waals surface area contributed by atoms with Crippen molar-refractivity contribution in [2.75, 3.05) is 22.3 Å². The van der Waals surface area contributed by atoms with Gasteiger partial charge in [-0.15, -0.1) is 10.2 Å². The number of nitrogens with zero attached hydrogens (tertiary/aromatic N) is 4. The van der Waals surface area contributed by atoms with E-state index in [1.165, 1.54) is 28.9 Å². The standard InChI is InChI=1S/C17H15BrFN7OS/c18-12-3-1-2-11(8-12)9-21-23-16-24-25-17(26(16)20)28-10-15(27)22-14-6-4-13(19)5-7-14/h1-9H,10,20H2,(H,22,27)(H,23,24)/b21-9+. The lowest BCUT2D eigenvalue weighted by Crippen LogP contribution is -2.16. The van der Waals surface area contributed by atoms with Gasteiger partial charge in [-0.25, -0.2) is 14.5 Å². The third-order valence-electron chi connectivity index (χ3n) is 3.35. The Morgan fingerprint density at radius 2 is 2.07 bits per heavy atom. The predicted octanol–water partition coefficient (Wildman–Crippen LogP) is 3.07. The molecule has 3 aromatic rings. The van der Waals surface area contributed by atoms with Gasteiger partial charge in [0.25, 0.3) is 5.95 Å². The molecule has 28 heavy (non-hydrogen) atoms. The maximum absolute atomic E-state index is 12.9. The minimum atomic E-state index is -0.369. The Hall–Kier alpha value is -2.92. The summed E-state index contributed by atoms with van der Waals surface area (Å²) in [6.45, 7) is 0. The molecule has 1 aromatic heterocycles. The van der Waals surface area contributed by atoms with Gasteiger partial charge in [0.05, 0.1) is 12.0 Å². The first-order chi connectivity index (χ1) is 13.5. The third-order valence-corrected chi connectivity index (χ3v) is 4.79. The number of carbonyl (C=O) groups is 1. The van der Waals surface area contributed by atoms with E-state index >= 15 is 0 Å². The van der Waals surface area contributed by atoms with Crippen LogP contribution in [0.25, 0.3) is 0 Å². The monoisotopic (exact) mass is 463 g/mol. The van der Waals surface area contributed by atoms with E-state index in [-0.39, 0.29) is 23.4 Å². The lowest BCUT2D eigenvalue weighted by Gasteiger charge is -2.05. The van der Waals surface area contributed by atoms with Crippen molar-refractivity contribution < 1.29 is 9.18 Å². The average Bonchev–Trinajstić information content (AvgIpc) is 3.02. The van der Waals surface area contributed by atoms with Crippen molar-refractivity contribution in [3.05, 3.63) is 64.4 Å². The van der Waals surface area contributed by atoms with E-state index in [0.717, 1.165) is 21.8 Å². The second-order valence-electron chi connectivity index (χ2n) is 5.44. The molecule has 0 radical (unpaired) electrons. The highest BCUT2D eigenvalue weighted by molar-refractivity contribution is 9.10. The number of hydrogen-bond acceptors (Lipinski definition) is 7. The van der Waals surface area contributed by atoms with Crippen LogP contribution in [0, 0.1) is 5.82 Å². The lowest BCUT2D eigenvalue weighted by molar-refractivity contribution is -0.113. The maximum atomic E-state index is 12.9. The van der Waals surface area contributed by atoms with Crippen molar-refractivity contribution in [3.63, 3.8) is 0 Å². The quantitative estimate of drug-likeness (QED) is 0.215. The van der Waals surface area contributed by atoms with E-state index in [1.807, 2.05) is 24.3 Å². The summed E-state index contributed by atoms with van der Waals surface area (Å²) in [6.07, 6.45) is 1.61. The van der Waals surface area contributed by atoms with Crippen LogP contribution in [-0.2, 0) is 4.79 Å². The number of nitrogens with two attached hydrogens (primary N) is 1. The van der Waals surface area contributed by atoms with Gasteiger partial charge in [0.1, 0.15) is 5.82 Å². The number of nitrogens with one attached hydrogen (secondary N) is 2. The van der Waals surface area contributed by atoms with Crippen LogP contribution >= 0.6 is 27.7 Å². The van der Waals surface area contributed by atoms with E-state index in [2.05, 4.69) is 42.0 Å². The van der Waals surface area contributed by atoms with Gasteiger partial charge in [-0.1, -0.05) is 39.8 Å². The van der Waals surface area contributed by atoms with E-state index < -0.39 is 0 Å². The molecule has 0 atom stereocenters. The Balaban J connectivity index is 1.52. The molecule has 0 unspecified atom stereocenters. The second-order valence-corrected chi connectivity index (χ2v) is 7.30. The number of anilines is 2. The van der Waals surface area contributed by atoms with E-state index in [1.54, 1.807) is 6.21 Å². The largest absolute Gasteiger partial charge is 0.334 e. The molecule has 0 aliphatic heterocycles. The highest BCUT2D eigenvalue weighted by Crippen LogP contribution is 2.17. The zero-order valence-corrected chi connectivity index (χ0v) is 16.7.